The lowest BCUT2D eigenvalue weighted by Crippen LogP contribution is -1.90. The monoisotopic (exact) mass is 234 g/mol. The van der Waals surface area contributed by atoms with Gasteiger partial charge in [-0.05, 0) is 12.1 Å². The normalized spacial score (nSPS) is 11.6. The van der Waals surface area contributed by atoms with Gasteiger partial charge in [0.2, 0.25) is 5.71 Å². The minimum absolute atomic E-state index is 0.604. The smallest absolute Gasteiger partial charge is 0.229 e. The Hall–Kier alpha value is -2.55. The molecule has 18 heavy (non-hydrogen) atoms. The maximum absolute atomic E-state index is 6.27. The largest absolute Gasteiger partial charge is 0.438 e. The first-order chi connectivity index (χ1) is 8.84. The van der Waals surface area contributed by atoms with Crippen molar-refractivity contribution in [1.29, 1.82) is 0 Å². The molecule has 0 saturated carbocycles. The SMILES string of the molecule is Nc1c2ccccc2nc2oc3ccccc3c12. The quantitative estimate of drug-likeness (QED) is 0.504. The number of furan rings is 1. The Morgan fingerprint density at radius 1 is 0.889 bits per heavy atom. The number of rotatable bonds is 0. The second kappa shape index (κ2) is 3.23. The van der Waals surface area contributed by atoms with Crippen molar-refractivity contribution < 1.29 is 4.42 Å². The van der Waals surface area contributed by atoms with Gasteiger partial charge in [-0.25, -0.2) is 4.98 Å². The number of para-hydroxylation sites is 2. The maximum atomic E-state index is 6.27. The third kappa shape index (κ3) is 1.10. The van der Waals surface area contributed by atoms with Crippen LogP contribution in [-0.2, 0) is 0 Å². The Labute approximate surface area is 103 Å². The number of benzene rings is 2. The molecule has 3 heteroatoms. The van der Waals surface area contributed by atoms with Gasteiger partial charge in [0.15, 0.2) is 0 Å². The molecule has 2 aromatic carbocycles. The maximum Gasteiger partial charge on any atom is 0.229 e. The van der Waals surface area contributed by atoms with E-state index < -0.39 is 0 Å². The van der Waals surface area contributed by atoms with Crippen LogP contribution in [0.5, 0.6) is 0 Å². The molecule has 0 bridgehead atoms. The summed E-state index contributed by atoms with van der Waals surface area (Å²) in [5.74, 6) is 0. The van der Waals surface area contributed by atoms with Crippen molar-refractivity contribution in [3.8, 4) is 0 Å². The molecular weight excluding hydrogens is 224 g/mol. The van der Waals surface area contributed by atoms with E-state index in [1.54, 1.807) is 0 Å². The standard InChI is InChI=1S/C15H10N2O/c16-14-9-5-1-3-7-11(9)17-15-13(14)10-6-2-4-8-12(10)18-15/h1-8H,(H2,16,17). The van der Waals surface area contributed by atoms with E-state index in [9.17, 15) is 0 Å². The van der Waals surface area contributed by atoms with Gasteiger partial charge in [-0.1, -0.05) is 36.4 Å². The van der Waals surface area contributed by atoms with Crippen molar-refractivity contribution in [2.75, 3.05) is 5.73 Å². The lowest BCUT2D eigenvalue weighted by Gasteiger charge is -2.01. The molecule has 2 N–H and O–H groups in total. The first kappa shape index (κ1) is 9.48. The van der Waals surface area contributed by atoms with Gasteiger partial charge in [-0.15, -0.1) is 0 Å². The van der Waals surface area contributed by atoms with Crippen molar-refractivity contribution in [2.45, 2.75) is 0 Å². The summed E-state index contributed by atoms with van der Waals surface area (Å²) in [6.07, 6.45) is 0. The molecule has 0 aliphatic heterocycles. The highest BCUT2D eigenvalue weighted by Crippen LogP contribution is 2.35. The summed E-state index contributed by atoms with van der Waals surface area (Å²) >= 11 is 0. The van der Waals surface area contributed by atoms with Crippen LogP contribution >= 0.6 is 0 Å². The topological polar surface area (TPSA) is 52.0 Å². The Bertz CT molecular complexity index is 893. The van der Waals surface area contributed by atoms with Crippen LogP contribution in [-0.4, -0.2) is 4.98 Å². The van der Waals surface area contributed by atoms with E-state index >= 15 is 0 Å². The lowest BCUT2D eigenvalue weighted by molar-refractivity contribution is 0.656. The molecule has 2 aromatic heterocycles. The number of nitrogens with two attached hydrogens (primary N) is 1. The number of pyridine rings is 1. The van der Waals surface area contributed by atoms with Crippen LogP contribution in [0.3, 0.4) is 0 Å². The Morgan fingerprint density at radius 3 is 2.50 bits per heavy atom. The molecule has 0 spiro atoms. The van der Waals surface area contributed by atoms with E-state index in [2.05, 4.69) is 4.98 Å². The second-order valence-electron chi connectivity index (χ2n) is 4.32. The van der Waals surface area contributed by atoms with Crippen LogP contribution in [0, 0.1) is 0 Å². The summed E-state index contributed by atoms with van der Waals surface area (Å²) < 4.78 is 5.75. The van der Waals surface area contributed by atoms with Crippen LogP contribution in [0.4, 0.5) is 5.69 Å². The zero-order valence-electron chi connectivity index (χ0n) is 9.55. The van der Waals surface area contributed by atoms with E-state index in [0.717, 1.165) is 32.9 Å². The summed E-state index contributed by atoms with van der Waals surface area (Å²) in [6, 6.07) is 15.7. The first-order valence-electron chi connectivity index (χ1n) is 5.80. The summed E-state index contributed by atoms with van der Waals surface area (Å²) in [4.78, 5) is 4.53. The van der Waals surface area contributed by atoms with Crippen LogP contribution in [0.1, 0.15) is 0 Å². The minimum atomic E-state index is 0.604. The molecule has 0 unspecified atom stereocenters. The molecule has 0 saturated heterocycles. The van der Waals surface area contributed by atoms with Gasteiger partial charge >= 0.3 is 0 Å². The summed E-state index contributed by atoms with van der Waals surface area (Å²) in [5, 5.41) is 2.89. The third-order valence-corrected chi connectivity index (χ3v) is 3.26. The van der Waals surface area contributed by atoms with E-state index in [0.29, 0.717) is 5.71 Å². The molecule has 0 amide bonds. The van der Waals surface area contributed by atoms with Gasteiger partial charge in [0.1, 0.15) is 5.58 Å². The molecule has 0 fully saturated rings. The van der Waals surface area contributed by atoms with Crippen molar-refractivity contribution in [3.63, 3.8) is 0 Å². The van der Waals surface area contributed by atoms with Crippen LogP contribution < -0.4 is 5.73 Å². The molecule has 86 valence electrons. The zero-order chi connectivity index (χ0) is 12.1. The van der Waals surface area contributed by atoms with E-state index in [-0.39, 0.29) is 0 Å². The molecule has 3 nitrogen and oxygen atoms in total. The Balaban J connectivity index is 2.34. The van der Waals surface area contributed by atoms with Crippen molar-refractivity contribution >= 4 is 38.7 Å². The number of aromatic nitrogens is 1. The fourth-order valence-electron chi connectivity index (χ4n) is 2.41. The van der Waals surface area contributed by atoms with Crippen molar-refractivity contribution in [2.24, 2.45) is 0 Å². The Morgan fingerprint density at radius 2 is 1.61 bits per heavy atom. The number of anilines is 1. The number of hydrogen-bond acceptors (Lipinski definition) is 3. The van der Waals surface area contributed by atoms with Gasteiger partial charge in [-0.3, -0.25) is 0 Å². The number of hydrogen-bond donors (Lipinski definition) is 1. The van der Waals surface area contributed by atoms with Crippen LogP contribution in [0.2, 0.25) is 0 Å². The van der Waals surface area contributed by atoms with Crippen LogP contribution in [0.15, 0.2) is 52.9 Å². The number of nitrogen functional groups attached to an aromatic ring is 1. The van der Waals surface area contributed by atoms with E-state index in [1.165, 1.54) is 0 Å². The number of fused-ring (bicyclic) bond motifs is 4. The molecule has 0 aliphatic carbocycles. The highest BCUT2D eigenvalue weighted by Gasteiger charge is 2.13. The highest BCUT2D eigenvalue weighted by atomic mass is 16.3. The van der Waals surface area contributed by atoms with Crippen LogP contribution in [0.25, 0.3) is 33.0 Å². The van der Waals surface area contributed by atoms with E-state index in [4.69, 9.17) is 10.2 Å². The predicted molar refractivity (Wildman–Crippen MR) is 73.4 cm³/mol. The first-order valence-corrected chi connectivity index (χ1v) is 5.80. The third-order valence-electron chi connectivity index (χ3n) is 3.26. The molecule has 2 heterocycles. The van der Waals surface area contributed by atoms with Gasteiger partial charge in [0, 0.05) is 10.8 Å². The Kier molecular flexibility index (Phi) is 1.70. The summed E-state index contributed by atoms with van der Waals surface area (Å²) in [6.45, 7) is 0. The van der Waals surface area contributed by atoms with Crippen molar-refractivity contribution in [1.82, 2.24) is 4.98 Å². The fraction of sp³-hybridized carbons (Fsp3) is 0. The summed E-state index contributed by atoms with van der Waals surface area (Å²) in [5.41, 5.74) is 9.29. The van der Waals surface area contributed by atoms with E-state index in [1.807, 2.05) is 48.5 Å². The van der Waals surface area contributed by atoms with Crippen molar-refractivity contribution in [3.05, 3.63) is 48.5 Å². The molecule has 0 aliphatic rings. The fourth-order valence-corrected chi connectivity index (χ4v) is 2.41. The highest BCUT2D eigenvalue weighted by molar-refractivity contribution is 6.16. The van der Waals surface area contributed by atoms with Gasteiger partial charge in [0.05, 0.1) is 16.6 Å². The summed E-state index contributed by atoms with van der Waals surface area (Å²) in [7, 11) is 0. The molecule has 0 radical (unpaired) electrons. The average Bonchev–Trinajstić information content (AvgIpc) is 2.77. The average molecular weight is 234 g/mol. The molecular formula is C15H10N2O. The minimum Gasteiger partial charge on any atom is -0.438 e. The van der Waals surface area contributed by atoms with Gasteiger partial charge in [-0.2, -0.15) is 0 Å². The second-order valence-corrected chi connectivity index (χ2v) is 4.32. The van der Waals surface area contributed by atoms with Gasteiger partial charge in [0.25, 0.3) is 0 Å². The molecule has 0 atom stereocenters. The zero-order valence-corrected chi connectivity index (χ0v) is 9.55. The van der Waals surface area contributed by atoms with Gasteiger partial charge < -0.3 is 10.2 Å². The molecule has 4 rings (SSSR count). The lowest BCUT2D eigenvalue weighted by atomic mass is 10.1. The predicted octanol–water partition coefficient (Wildman–Crippen LogP) is 3.72. The number of nitrogens with zero attached hydrogens (tertiary/aromatic N) is 1. The molecule has 4 aromatic rings.